The van der Waals surface area contributed by atoms with Gasteiger partial charge < -0.3 is 16.0 Å². The first kappa shape index (κ1) is 22.0. The molecule has 0 radical (unpaired) electrons. The van der Waals surface area contributed by atoms with Gasteiger partial charge in [-0.2, -0.15) is 0 Å². The van der Waals surface area contributed by atoms with Crippen molar-refractivity contribution in [1.82, 2.24) is 16.0 Å². The molecule has 1 aliphatic carbocycles. The fourth-order valence-corrected chi connectivity index (χ4v) is 3.16. The van der Waals surface area contributed by atoms with Gasteiger partial charge in [-0.05, 0) is 30.9 Å². The fourth-order valence-electron chi connectivity index (χ4n) is 2.93. The molecule has 1 aromatic carbocycles. The van der Waals surface area contributed by atoms with E-state index in [1.807, 2.05) is 24.3 Å². The number of nitrogens with zero attached hydrogens (tertiary/aromatic N) is 1. The fraction of sp³-hybridized carbons (Fsp3) is 0.556. The van der Waals surface area contributed by atoms with Crippen molar-refractivity contribution in [2.75, 3.05) is 20.1 Å². The molecule has 140 valence electrons. The van der Waals surface area contributed by atoms with Gasteiger partial charge in [-0.3, -0.25) is 9.79 Å². The lowest BCUT2D eigenvalue weighted by Crippen LogP contribution is -2.46. The third-order valence-corrected chi connectivity index (χ3v) is 4.62. The molecule has 25 heavy (non-hydrogen) atoms. The number of benzene rings is 1. The molecule has 1 aromatic rings. The highest BCUT2D eigenvalue weighted by molar-refractivity contribution is 14.0. The number of hydrogen-bond donors (Lipinski definition) is 3. The van der Waals surface area contributed by atoms with E-state index >= 15 is 0 Å². The van der Waals surface area contributed by atoms with E-state index in [1.165, 1.54) is 19.3 Å². The normalized spacial score (nSPS) is 15.2. The number of halogens is 2. The Morgan fingerprint density at radius 2 is 1.92 bits per heavy atom. The van der Waals surface area contributed by atoms with Gasteiger partial charge in [0.2, 0.25) is 5.91 Å². The molecule has 1 amide bonds. The number of aliphatic imine (C=N–C) groups is 1. The zero-order valence-corrected chi connectivity index (χ0v) is 17.8. The lowest BCUT2D eigenvalue weighted by molar-refractivity contribution is -0.120. The summed E-state index contributed by atoms with van der Waals surface area (Å²) >= 11 is 6.14. The molecule has 1 aliphatic rings. The first-order valence-electron chi connectivity index (χ1n) is 8.66. The van der Waals surface area contributed by atoms with Crippen molar-refractivity contribution in [3.05, 3.63) is 34.9 Å². The summed E-state index contributed by atoms with van der Waals surface area (Å²) in [7, 11) is 1.70. The number of hydrogen-bond acceptors (Lipinski definition) is 2. The summed E-state index contributed by atoms with van der Waals surface area (Å²) in [5.74, 6) is 0.650. The molecule has 0 atom stereocenters. The Balaban J connectivity index is 0.00000312. The van der Waals surface area contributed by atoms with E-state index in [0.29, 0.717) is 18.5 Å². The second-order valence-electron chi connectivity index (χ2n) is 6.10. The van der Waals surface area contributed by atoms with Gasteiger partial charge in [-0.15, -0.1) is 24.0 Å². The van der Waals surface area contributed by atoms with Crippen molar-refractivity contribution in [3.8, 4) is 0 Å². The van der Waals surface area contributed by atoms with Crippen LogP contribution in [-0.2, 0) is 11.2 Å². The lowest BCUT2D eigenvalue weighted by Gasteiger charge is -2.23. The second-order valence-corrected chi connectivity index (χ2v) is 6.50. The summed E-state index contributed by atoms with van der Waals surface area (Å²) in [6.45, 7) is 0.940. The van der Waals surface area contributed by atoms with Crippen LogP contribution in [0.15, 0.2) is 29.3 Å². The van der Waals surface area contributed by atoms with Crippen LogP contribution in [-0.4, -0.2) is 38.0 Å². The Kier molecular flexibility index (Phi) is 10.9. The topological polar surface area (TPSA) is 65.5 Å². The van der Waals surface area contributed by atoms with Crippen LogP contribution < -0.4 is 16.0 Å². The van der Waals surface area contributed by atoms with Crippen LogP contribution in [0.4, 0.5) is 0 Å². The van der Waals surface area contributed by atoms with Gasteiger partial charge in [0.1, 0.15) is 0 Å². The maximum absolute atomic E-state index is 12.0. The van der Waals surface area contributed by atoms with E-state index < -0.39 is 0 Å². The minimum atomic E-state index is 0. The molecule has 1 saturated carbocycles. The summed E-state index contributed by atoms with van der Waals surface area (Å²) in [6, 6.07) is 8.13. The van der Waals surface area contributed by atoms with E-state index in [1.54, 1.807) is 7.05 Å². The van der Waals surface area contributed by atoms with E-state index in [-0.39, 0.29) is 36.4 Å². The van der Waals surface area contributed by atoms with Gasteiger partial charge >= 0.3 is 0 Å². The minimum absolute atomic E-state index is 0. The average molecular weight is 479 g/mol. The van der Waals surface area contributed by atoms with Crippen LogP contribution in [0.25, 0.3) is 0 Å². The molecule has 7 heteroatoms. The summed E-state index contributed by atoms with van der Waals surface area (Å²) in [5.41, 5.74) is 1.09. The smallest absolute Gasteiger partial charge is 0.239 e. The number of amides is 1. The van der Waals surface area contributed by atoms with Gasteiger partial charge in [0.15, 0.2) is 5.96 Å². The lowest BCUT2D eigenvalue weighted by atomic mass is 9.95. The summed E-state index contributed by atoms with van der Waals surface area (Å²) in [6.07, 6.45) is 6.70. The van der Waals surface area contributed by atoms with Crippen molar-refractivity contribution < 1.29 is 4.79 Å². The Hall–Kier alpha value is -1.02. The maximum atomic E-state index is 12.0. The summed E-state index contributed by atoms with van der Waals surface area (Å²) in [5, 5.41) is 10.1. The minimum Gasteiger partial charge on any atom is -0.356 e. The van der Waals surface area contributed by atoms with Crippen LogP contribution in [0.3, 0.4) is 0 Å². The van der Waals surface area contributed by atoms with Gasteiger partial charge in [0.25, 0.3) is 0 Å². The molecule has 0 saturated heterocycles. The van der Waals surface area contributed by atoms with Crippen molar-refractivity contribution in [2.24, 2.45) is 4.99 Å². The van der Waals surface area contributed by atoms with Crippen LogP contribution in [0.1, 0.15) is 37.7 Å². The van der Waals surface area contributed by atoms with E-state index in [9.17, 15) is 4.79 Å². The highest BCUT2D eigenvalue weighted by Gasteiger charge is 2.15. The van der Waals surface area contributed by atoms with Crippen LogP contribution in [0.2, 0.25) is 5.02 Å². The van der Waals surface area contributed by atoms with Gasteiger partial charge in [0.05, 0.1) is 6.54 Å². The Morgan fingerprint density at radius 1 is 1.20 bits per heavy atom. The van der Waals surface area contributed by atoms with Crippen LogP contribution >= 0.6 is 35.6 Å². The van der Waals surface area contributed by atoms with Crippen molar-refractivity contribution >= 4 is 47.4 Å². The highest BCUT2D eigenvalue weighted by Crippen LogP contribution is 2.17. The van der Waals surface area contributed by atoms with Crippen molar-refractivity contribution in [2.45, 2.75) is 44.6 Å². The number of rotatable bonds is 6. The first-order valence-corrected chi connectivity index (χ1v) is 9.04. The highest BCUT2D eigenvalue weighted by atomic mass is 127. The standard InChI is InChI=1S/C18H27ClN4O.HI/c1-20-18(21-12-11-14-7-5-6-10-16(14)19)22-13-17(24)23-15-8-3-2-4-9-15;/h5-7,10,15H,2-4,8-9,11-13H2,1H3,(H,23,24)(H2,20,21,22);1H. The Labute approximate surface area is 172 Å². The van der Waals surface area contributed by atoms with Crippen LogP contribution in [0, 0.1) is 0 Å². The quantitative estimate of drug-likeness (QED) is 0.334. The van der Waals surface area contributed by atoms with E-state index in [0.717, 1.165) is 29.8 Å². The van der Waals surface area contributed by atoms with Crippen molar-refractivity contribution in [3.63, 3.8) is 0 Å². The van der Waals surface area contributed by atoms with Gasteiger partial charge in [-0.25, -0.2) is 0 Å². The maximum Gasteiger partial charge on any atom is 0.239 e. The third-order valence-electron chi connectivity index (χ3n) is 4.25. The monoisotopic (exact) mass is 478 g/mol. The number of carbonyl (C=O) groups excluding carboxylic acids is 1. The number of carbonyl (C=O) groups is 1. The van der Waals surface area contributed by atoms with E-state index in [4.69, 9.17) is 11.6 Å². The zero-order valence-electron chi connectivity index (χ0n) is 14.7. The predicted molar refractivity (Wildman–Crippen MR) is 115 cm³/mol. The second kappa shape index (κ2) is 12.4. The first-order chi connectivity index (χ1) is 11.7. The molecule has 0 spiro atoms. The van der Waals surface area contributed by atoms with Gasteiger partial charge in [0, 0.05) is 24.7 Å². The SMILES string of the molecule is CN=C(NCCc1ccccc1Cl)NCC(=O)NC1CCCCC1.I. The molecule has 0 aromatic heterocycles. The largest absolute Gasteiger partial charge is 0.356 e. The third kappa shape index (κ3) is 8.27. The van der Waals surface area contributed by atoms with Crippen molar-refractivity contribution in [1.29, 1.82) is 0 Å². The molecule has 3 N–H and O–H groups in total. The molecule has 2 rings (SSSR count). The molecule has 0 aliphatic heterocycles. The van der Waals surface area contributed by atoms with Crippen LogP contribution in [0.5, 0.6) is 0 Å². The number of nitrogens with one attached hydrogen (secondary N) is 3. The average Bonchev–Trinajstić information content (AvgIpc) is 2.60. The predicted octanol–water partition coefficient (Wildman–Crippen LogP) is 3.11. The zero-order chi connectivity index (χ0) is 17.2. The molecule has 0 unspecified atom stereocenters. The Bertz CT molecular complexity index is 562. The summed E-state index contributed by atoms with van der Waals surface area (Å²) in [4.78, 5) is 16.1. The molecule has 1 fully saturated rings. The molecular weight excluding hydrogens is 451 g/mol. The summed E-state index contributed by atoms with van der Waals surface area (Å²) < 4.78 is 0. The molecule has 0 heterocycles. The van der Waals surface area contributed by atoms with Gasteiger partial charge in [-0.1, -0.05) is 49.1 Å². The Morgan fingerprint density at radius 3 is 2.60 bits per heavy atom. The number of guanidine groups is 1. The molecular formula is C18H28ClIN4O. The molecule has 0 bridgehead atoms. The van der Waals surface area contributed by atoms with E-state index in [2.05, 4.69) is 20.9 Å². The molecule has 5 nitrogen and oxygen atoms in total.